The molecule has 1 aliphatic rings. The molecule has 1 atom stereocenters. The van der Waals surface area contributed by atoms with Gasteiger partial charge in [-0.2, -0.15) is 0 Å². The number of nitrogens with zero attached hydrogens (tertiary/aromatic N) is 1. The van der Waals surface area contributed by atoms with Crippen molar-refractivity contribution >= 4 is 22.5 Å². The van der Waals surface area contributed by atoms with Crippen LogP contribution in [0.15, 0.2) is 61.3 Å². The van der Waals surface area contributed by atoms with E-state index in [0.29, 0.717) is 6.42 Å². The Hall–Kier alpha value is -2.42. The van der Waals surface area contributed by atoms with Crippen LogP contribution in [0.4, 0.5) is 5.69 Å². The average molecular weight is 292 g/mol. The van der Waals surface area contributed by atoms with Crippen molar-refractivity contribution in [1.29, 1.82) is 0 Å². The molecule has 1 aromatic heterocycles. The molecule has 3 heteroatoms. The van der Waals surface area contributed by atoms with Crippen molar-refractivity contribution in [3.05, 3.63) is 61.3 Å². The fraction of sp³-hybridized carbons (Fsp3) is 0.263. The van der Waals surface area contributed by atoms with E-state index in [1.807, 2.05) is 36.4 Å². The summed E-state index contributed by atoms with van der Waals surface area (Å²) < 4.78 is 0. The van der Waals surface area contributed by atoms with E-state index in [1.165, 1.54) is 0 Å². The summed E-state index contributed by atoms with van der Waals surface area (Å²) in [6.07, 6.45) is 11.1. The minimum atomic E-state index is -0.373. The first-order valence-electron chi connectivity index (χ1n) is 7.66. The second-order valence-corrected chi connectivity index (χ2v) is 5.86. The first kappa shape index (κ1) is 14.5. The molecule has 1 heterocycles. The molecular weight excluding hydrogens is 272 g/mol. The van der Waals surface area contributed by atoms with E-state index in [4.69, 9.17) is 0 Å². The number of allylic oxidation sites excluding steroid dienone is 3. The Morgan fingerprint density at radius 1 is 1.36 bits per heavy atom. The van der Waals surface area contributed by atoms with Gasteiger partial charge in [-0.25, -0.2) is 0 Å². The van der Waals surface area contributed by atoms with Crippen LogP contribution < -0.4 is 5.32 Å². The third kappa shape index (κ3) is 2.80. The number of hydrogen-bond acceptors (Lipinski definition) is 2. The minimum Gasteiger partial charge on any atom is -0.324 e. The molecule has 0 saturated carbocycles. The van der Waals surface area contributed by atoms with Gasteiger partial charge in [0.05, 0.1) is 22.8 Å². The van der Waals surface area contributed by atoms with Crippen LogP contribution in [0.3, 0.4) is 0 Å². The van der Waals surface area contributed by atoms with Crippen LogP contribution in [0.2, 0.25) is 0 Å². The smallest absolute Gasteiger partial charge is 0.231 e. The van der Waals surface area contributed by atoms with Crippen LogP contribution in [-0.2, 0) is 4.79 Å². The summed E-state index contributed by atoms with van der Waals surface area (Å²) in [4.78, 5) is 17.2. The van der Waals surface area contributed by atoms with Crippen LogP contribution >= 0.6 is 0 Å². The number of carbonyl (C=O) groups is 1. The van der Waals surface area contributed by atoms with Gasteiger partial charge in [-0.3, -0.25) is 9.78 Å². The molecule has 1 amide bonds. The zero-order valence-electron chi connectivity index (χ0n) is 12.6. The van der Waals surface area contributed by atoms with Crippen molar-refractivity contribution < 1.29 is 4.79 Å². The Bertz CT molecular complexity index is 735. The maximum atomic E-state index is 12.8. The predicted octanol–water partition coefficient (Wildman–Crippen LogP) is 4.48. The number of anilines is 1. The molecule has 0 radical (unpaired) electrons. The fourth-order valence-electron chi connectivity index (χ4n) is 3.05. The summed E-state index contributed by atoms with van der Waals surface area (Å²) in [6.45, 7) is 3.81. The molecule has 0 bridgehead atoms. The number of rotatable bonds is 4. The third-order valence-electron chi connectivity index (χ3n) is 4.33. The maximum Gasteiger partial charge on any atom is 0.231 e. The van der Waals surface area contributed by atoms with Crippen molar-refractivity contribution in [2.24, 2.45) is 5.41 Å². The van der Waals surface area contributed by atoms with E-state index < -0.39 is 0 Å². The molecule has 0 saturated heterocycles. The van der Waals surface area contributed by atoms with Crippen LogP contribution in [-0.4, -0.2) is 10.9 Å². The molecular formula is C19H20N2O. The standard InChI is InChI=1S/C19H20N2O/c1-2-10-19(11-6-3-7-12-19)18(22)21-16-13-15-8-4-5-9-17(15)20-14-16/h2-6,8-9,13-14H,1,7,10-12H2,(H,21,22). The Morgan fingerprint density at radius 3 is 3.00 bits per heavy atom. The summed E-state index contributed by atoms with van der Waals surface area (Å²) in [6, 6.07) is 9.87. The number of amides is 1. The molecule has 1 aliphatic carbocycles. The highest BCUT2D eigenvalue weighted by Crippen LogP contribution is 2.37. The Balaban J connectivity index is 1.84. The normalized spacial score (nSPS) is 20.7. The molecule has 0 fully saturated rings. The van der Waals surface area contributed by atoms with Crippen LogP contribution in [0.25, 0.3) is 10.9 Å². The Labute approximate surface area is 130 Å². The van der Waals surface area contributed by atoms with E-state index >= 15 is 0 Å². The maximum absolute atomic E-state index is 12.8. The number of nitrogens with one attached hydrogen (secondary N) is 1. The lowest BCUT2D eigenvalue weighted by molar-refractivity contribution is -0.126. The van der Waals surface area contributed by atoms with Crippen LogP contribution in [0.5, 0.6) is 0 Å². The molecule has 1 N–H and O–H groups in total. The van der Waals surface area contributed by atoms with Crippen molar-refractivity contribution in [3.63, 3.8) is 0 Å². The molecule has 22 heavy (non-hydrogen) atoms. The number of carbonyl (C=O) groups excluding carboxylic acids is 1. The topological polar surface area (TPSA) is 42.0 Å². The lowest BCUT2D eigenvalue weighted by Crippen LogP contribution is -2.36. The molecule has 0 aliphatic heterocycles. The zero-order chi connectivity index (χ0) is 15.4. The van der Waals surface area contributed by atoms with Crippen molar-refractivity contribution in [1.82, 2.24) is 4.98 Å². The van der Waals surface area contributed by atoms with Crippen molar-refractivity contribution in [3.8, 4) is 0 Å². The molecule has 2 aromatic rings. The Morgan fingerprint density at radius 2 is 2.23 bits per heavy atom. The van der Waals surface area contributed by atoms with Gasteiger partial charge in [-0.05, 0) is 37.8 Å². The van der Waals surface area contributed by atoms with Gasteiger partial charge in [-0.15, -0.1) is 6.58 Å². The van der Waals surface area contributed by atoms with Gasteiger partial charge in [0.1, 0.15) is 0 Å². The molecule has 1 unspecified atom stereocenters. The third-order valence-corrected chi connectivity index (χ3v) is 4.33. The van der Waals surface area contributed by atoms with E-state index in [2.05, 4.69) is 29.0 Å². The number of aromatic nitrogens is 1. The van der Waals surface area contributed by atoms with Gasteiger partial charge in [0, 0.05) is 5.39 Å². The van der Waals surface area contributed by atoms with Crippen molar-refractivity contribution in [2.45, 2.75) is 25.7 Å². The lowest BCUT2D eigenvalue weighted by atomic mass is 9.73. The summed E-state index contributed by atoms with van der Waals surface area (Å²) in [7, 11) is 0. The largest absolute Gasteiger partial charge is 0.324 e. The fourth-order valence-corrected chi connectivity index (χ4v) is 3.05. The van der Waals surface area contributed by atoms with Gasteiger partial charge >= 0.3 is 0 Å². The number of pyridine rings is 1. The summed E-state index contributed by atoms with van der Waals surface area (Å²) >= 11 is 0. The second-order valence-electron chi connectivity index (χ2n) is 5.86. The molecule has 3 nitrogen and oxygen atoms in total. The Kier molecular flexibility index (Phi) is 4.05. The summed E-state index contributed by atoms with van der Waals surface area (Å²) in [5, 5.41) is 4.08. The van der Waals surface area contributed by atoms with Gasteiger partial charge in [0.25, 0.3) is 0 Å². The van der Waals surface area contributed by atoms with Crippen molar-refractivity contribution in [2.75, 3.05) is 5.32 Å². The number of hydrogen-bond donors (Lipinski definition) is 1. The number of fused-ring (bicyclic) bond motifs is 1. The molecule has 0 spiro atoms. The number of para-hydroxylation sites is 1. The monoisotopic (exact) mass is 292 g/mol. The van der Waals surface area contributed by atoms with Gasteiger partial charge < -0.3 is 5.32 Å². The van der Waals surface area contributed by atoms with E-state index in [0.717, 1.165) is 35.9 Å². The van der Waals surface area contributed by atoms with Gasteiger partial charge in [-0.1, -0.05) is 36.4 Å². The van der Waals surface area contributed by atoms with Gasteiger partial charge in [0.15, 0.2) is 0 Å². The van der Waals surface area contributed by atoms with Crippen LogP contribution in [0.1, 0.15) is 25.7 Å². The quantitative estimate of drug-likeness (QED) is 0.844. The summed E-state index contributed by atoms with van der Waals surface area (Å²) in [5.74, 6) is 0.0637. The minimum absolute atomic E-state index is 0.0637. The molecule has 1 aromatic carbocycles. The number of benzene rings is 1. The summed E-state index contributed by atoms with van der Waals surface area (Å²) in [5.41, 5.74) is 1.31. The first-order chi connectivity index (χ1) is 10.7. The van der Waals surface area contributed by atoms with E-state index in [1.54, 1.807) is 6.20 Å². The van der Waals surface area contributed by atoms with Gasteiger partial charge in [0.2, 0.25) is 5.91 Å². The highest BCUT2D eigenvalue weighted by molar-refractivity contribution is 5.97. The second kappa shape index (κ2) is 6.14. The van der Waals surface area contributed by atoms with E-state index in [9.17, 15) is 4.79 Å². The first-order valence-corrected chi connectivity index (χ1v) is 7.66. The average Bonchev–Trinajstić information content (AvgIpc) is 2.56. The van der Waals surface area contributed by atoms with Crippen LogP contribution in [0, 0.1) is 5.41 Å². The predicted molar refractivity (Wildman–Crippen MR) is 90.6 cm³/mol. The molecule has 3 rings (SSSR count). The van der Waals surface area contributed by atoms with E-state index in [-0.39, 0.29) is 11.3 Å². The molecule has 112 valence electrons. The lowest BCUT2D eigenvalue weighted by Gasteiger charge is -2.32. The highest BCUT2D eigenvalue weighted by atomic mass is 16.2. The SMILES string of the molecule is C=CCC1(C(=O)Nc2cnc3ccccc3c2)CC=CCC1. The highest BCUT2D eigenvalue weighted by Gasteiger charge is 2.36. The zero-order valence-corrected chi connectivity index (χ0v) is 12.6.